The monoisotopic (exact) mass is 297 g/mol. The second-order valence-corrected chi connectivity index (χ2v) is 5.54. The molecule has 1 aromatic carbocycles. The summed E-state index contributed by atoms with van der Waals surface area (Å²) in [6, 6.07) is 7.72. The third kappa shape index (κ3) is 2.23. The summed E-state index contributed by atoms with van der Waals surface area (Å²) in [4.78, 5) is 27.8. The number of carbonyl (C=O) groups is 2. The number of nitrogens with zero attached hydrogens (tertiary/aromatic N) is 1. The fourth-order valence-electron chi connectivity index (χ4n) is 2.93. The number of benzene rings is 1. The molecule has 2 aromatic rings. The van der Waals surface area contributed by atoms with Crippen LogP contribution in [0.4, 0.5) is 0 Å². The van der Waals surface area contributed by atoms with Crippen molar-refractivity contribution in [3.05, 3.63) is 41.6 Å². The van der Waals surface area contributed by atoms with Crippen LogP contribution in [0.15, 0.2) is 36.0 Å². The molecule has 3 N–H and O–H groups in total. The van der Waals surface area contributed by atoms with Crippen molar-refractivity contribution in [2.45, 2.75) is 32.6 Å². The van der Waals surface area contributed by atoms with Gasteiger partial charge in [0.25, 0.3) is 11.8 Å². The molecule has 5 heteroatoms. The second-order valence-electron chi connectivity index (χ2n) is 5.54. The quantitative estimate of drug-likeness (QED) is 0.385. The average Bonchev–Trinajstić information content (AvgIpc) is 3.04. The zero-order chi connectivity index (χ0) is 15.7. The molecule has 0 saturated heterocycles. The number of hydrogen-bond acceptors (Lipinski definition) is 3. The van der Waals surface area contributed by atoms with Crippen molar-refractivity contribution in [2.24, 2.45) is 5.84 Å². The minimum atomic E-state index is -0.416. The van der Waals surface area contributed by atoms with E-state index in [0.29, 0.717) is 17.6 Å². The highest BCUT2D eigenvalue weighted by Gasteiger charge is 2.37. The SMILES string of the molecule is CCCCCC1=C(c2c[nH]c3ccccc23)C(=O)N(N)C1=O. The molecule has 0 spiro atoms. The molecule has 5 nitrogen and oxygen atoms in total. The van der Waals surface area contributed by atoms with Crippen molar-refractivity contribution < 1.29 is 9.59 Å². The van der Waals surface area contributed by atoms with E-state index in [2.05, 4.69) is 11.9 Å². The number of para-hydroxylation sites is 1. The van der Waals surface area contributed by atoms with E-state index in [1.54, 1.807) is 6.20 Å². The number of imide groups is 1. The number of hydrogen-bond donors (Lipinski definition) is 2. The summed E-state index contributed by atoms with van der Waals surface area (Å²) >= 11 is 0. The smallest absolute Gasteiger partial charge is 0.276 e. The van der Waals surface area contributed by atoms with E-state index in [0.717, 1.165) is 40.7 Å². The molecule has 0 fully saturated rings. The van der Waals surface area contributed by atoms with Gasteiger partial charge in [-0.3, -0.25) is 9.59 Å². The summed E-state index contributed by atoms with van der Waals surface area (Å²) in [7, 11) is 0. The van der Waals surface area contributed by atoms with E-state index in [1.807, 2.05) is 24.3 Å². The molecular formula is C17H19N3O2. The Morgan fingerprint density at radius 2 is 1.91 bits per heavy atom. The van der Waals surface area contributed by atoms with Crippen molar-refractivity contribution >= 4 is 28.3 Å². The highest BCUT2D eigenvalue weighted by molar-refractivity contribution is 6.36. The molecule has 3 rings (SSSR count). The van der Waals surface area contributed by atoms with Crippen LogP contribution in [0, 0.1) is 0 Å². The Morgan fingerprint density at radius 1 is 1.14 bits per heavy atom. The summed E-state index contributed by atoms with van der Waals surface area (Å²) in [6.45, 7) is 2.10. The zero-order valence-corrected chi connectivity index (χ0v) is 12.6. The molecule has 0 bridgehead atoms. The van der Waals surface area contributed by atoms with Crippen LogP contribution in [0.3, 0.4) is 0 Å². The molecular weight excluding hydrogens is 278 g/mol. The minimum Gasteiger partial charge on any atom is -0.361 e. The first-order chi connectivity index (χ1) is 10.6. The van der Waals surface area contributed by atoms with Gasteiger partial charge in [0.2, 0.25) is 0 Å². The molecule has 0 saturated carbocycles. The number of aromatic amines is 1. The fraction of sp³-hybridized carbons (Fsp3) is 0.294. The Kier molecular flexibility index (Phi) is 3.81. The van der Waals surface area contributed by atoms with Gasteiger partial charge < -0.3 is 4.98 Å². The van der Waals surface area contributed by atoms with E-state index in [9.17, 15) is 9.59 Å². The topological polar surface area (TPSA) is 79.2 Å². The molecule has 0 aliphatic carbocycles. The van der Waals surface area contributed by atoms with Crippen molar-refractivity contribution in [3.63, 3.8) is 0 Å². The Hall–Kier alpha value is -2.40. The third-order valence-electron chi connectivity index (χ3n) is 4.10. The van der Waals surface area contributed by atoms with Crippen LogP contribution in [-0.4, -0.2) is 21.8 Å². The maximum Gasteiger partial charge on any atom is 0.276 e. The lowest BCUT2D eigenvalue weighted by Crippen LogP contribution is -2.38. The van der Waals surface area contributed by atoms with Gasteiger partial charge in [-0.25, -0.2) is 10.9 Å². The first kappa shape index (κ1) is 14.5. The number of fused-ring (bicyclic) bond motifs is 1. The van der Waals surface area contributed by atoms with Gasteiger partial charge in [0.05, 0.1) is 5.57 Å². The number of rotatable bonds is 5. The standard InChI is InChI=1S/C17H19N3O2/c1-2-3-4-8-12-15(17(22)20(18)16(12)21)13-10-19-14-9-6-5-7-11(13)14/h5-7,9-10,19H,2-4,8,18H2,1H3. The Balaban J connectivity index is 2.10. The molecule has 114 valence electrons. The molecule has 0 unspecified atom stereocenters. The normalized spacial score (nSPS) is 15.5. The number of amides is 2. The van der Waals surface area contributed by atoms with E-state index in [1.165, 1.54) is 0 Å². The lowest BCUT2D eigenvalue weighted by atomic mass is 9.97. The molecule has 22 heavy (non-hydrogen) atoms. The number of nitrogens with one attached hydrogen (secondary N) is 1. The first-order valence-corrected chi connectivity index (χ1v) is 7.58. The number of unbranched alkanes of at least 4 members (excludes halogenated alkanes) is 2. The highest BCUT2D eigenvalue weighted by Crippen LogP contribution is 2.34. The van der Waals surface area contributed by atoms with E-state index in [-0.39, 0.29) is 5.91 Å². The fourth-order valence-corrected chi connectivity index (χ4v) is 2.93. The molecule has 2 heterocycles. The zero-order valence-electron chi connectivity index (χ0n) is 12.6. The van der Waals surface area contributed by atoms with Gasteiger partial charge in [-0.1, -0.05) is 38.0 Å². The van der Waals surface area contributed by atoms with Gasteiger partial charge >= 0.3 is 0 Å². The van der Waals surface area contributed by atoms with E-state index < -0.39 is 5.91 Å². The molecule has 1 aliphatic rings. The van der Waals surface area contributed by atoms with Crippen molar-refractivity contribution in [3.8, 4) is 0 Å². The second kappa shape index (κ2) is 5.77. The highest BCUT2D eigenvalue weighted by atomic mass is 16.2. The molecule has 0 atom stereocenters. The number of aromatic nitrogens is 1. The molecule has 0 radical (unpaired) electrons. The van der Waals surface area contributed by atoms with Crippen molar-refractivity contribution in [1.29, 1.82) is 0 Å². The summed E-state index contributed by atoms with van der Waals surface area (Å²) in [5.74, 6) is 4.85. The van der Waals surface area contributed by atoms with Crippen LogP contribution >= 0.6 is 0 Å². The van der Waals surface area contributed by atoms with E-state index >= 15 is 0 Å². The van der Waals surface area contributed by atoms with Gasteiger partial charge in [0.1, 0.15) is 0 Å². The minimum absolute atomic E-state index is 0.374. The number of carbonyl (C=O) groups excluding carboxylic acids is 2. The molecule has 1 aromatic heterocycles. The Labute approximate surface area is 128 Å². The Bertz CT molecular complexity index is 773. The predicted octanol–water partition coefficient (Wildman–Crippen LogP) is 2.74. The van der Waals surface area contributed by atoms with Gasteiger partial charge in [-0.05, 0) is 18.9 Å². The van der Waals surface area contributed by atoms with Crippen LogP contribution in [0.2, 0.25) is 0 Å². The lowest BCUT2D eigenvalue weighted by Gasteiger charge is -2.05. The maximum absolute atomic E-state index is 12.4. The van der Waals surface area contributed by atoms with Gasteiger partial charge in [0.15, 0.2) is 0 Å². The Morgan fingerprint density at radius 3 is 2.68 bits per heavy atom. The first-order valence-electron chi connectivity index (χ1n) is 7.58. The number of nitrogens with two attached hydrogens (primary N) is 1. The third-order valence-corrected chi connectivity index (χ3v) is 4.10. The van der Waals surface area contributed by atoms with Crippen molar-refractivity contribution in [1.82, 2.24) is 9.99 Å². The lowest BCUT2D eigenvalue weighted by molar-refractivity contribution is -0.137. The van der Waals surface area contributed by atoms with Gasteiger partial charge in [0, 0.05) is 28.2 Å². The number of hydrazine groups is 1. The van der Waals surface area contributed by atoms with Crippen LogP contribution in [0.25, 0.3) is 16.5 Å². The summed E-state index contributed by atoms with van der Waals surface area (Å²) in [5.41, 5.74) is 2.67. The average molecular weight is 297 g/mol. The van der Waals surface area contributed by atoms with Gasteiger partial charge in [-0.15, -0.1) is 0 Å². The van der Waals surface area contributed by atoms with Crippen LogP contribution in [0.1, 0.15) is 38.2 Å². The maximum atomic E-state index is 12.4. The summed E-state index contributed by atoms with van der Waals surface area (Å²) in [5, 5.41) is 1.67. The van der Waals surface area contributed by atoms with Crippen LogP contribution < -0.4 is 5.84 Å². The largest absolute Gasteiger partial charge is 0.361 e. The summed E-state index contributed by atoms with van der Waals surface area (Å²) < 4.78 is 0. The molecule has 1 aliphatic heterocycles. The van der Waals surface area contributed by atoms with E-state index in [4.69, 9.17) is 5.84 Å². The van der Waals surface area contributed by atoms with Gasteiger partial charge in [-0.2, -0.15) is 0 Å². The summed E-state index contributed by atoms with van der Waals surface area (Å²) in [6.07, 6.45) is 5.33. The van der Waals surface area contributed by atoms with Crippen LogP contribution in [0.5, 0.6) is 0 Å². The predicted molar refractivity (Wildman–Crippen MR) is 85.4 cm³/mol. The van der Waals surface area contributed by atoms with Crippen molar-refractivity contribution in [2.75, 3.05) is 0 Å². The van der Waals surface area contributed by atoms with Crippen LogP contribution in [-0.2, 0) is 9.59 Å². The number of H-pyrrole nitrogens is 1. The molecule has 2 amide bonds.